The van der Waals surface area contributed by atoms with Gasteiger partial charge in [0.25, 0.3) is 5.91 Å². The molecule has 104 valence electrons. The summed E-state index contributed by atoms with van der Waals surface area (Å²) in [5.74, 6) is 5.25. The number of hydrogen-bond acceptors (Lipinski definition) is 5. The molecule has 0 bridgehead atoms. The molecule has 0 aliphatic carbocycles. The molecule has 0 radical (unpaired) electrons. The lowest BCUT2D eigenvalue weighted by Gasteiger charge is -2.12. The Morgan fingerprint density at radius 3 is 2.50 bits per heavy atom. The molecular formula is C13H14BrN5O. The van der Waals surface area contributed by atoms with E-state index in [9.17, 15) is 4.79 Å². The zero-order chi connectivity index (χ0) is 14.7. The molecule has 0 fully saturated rings. The maximum absolute atomic E-state index is 12.2. The van der Waals surface area contributed by atoms with E-state index < -0.39 is 0 Å². The summed E-state index contributed by atoms with van der Waals surface area (Å²) in [6.45, 7) is 3.85. The Hall–Kier alpha value is -1.99. The van der Waals surface area contributed by atoms with Gasteiger partial charge in [-0.2, -0.15) is 0 Å². The fourth-order valence-electron chi connectivity index (χ4n) is 1.83. The molecule has 1 heterocycles. The van der Waals surface area contributed by atoms with E-state index in [2.05, 4.69) is 36.6 Å². The Kier molecular flexibility index (Phi) is 4.31. The number of aromatic nitrogens is 2. The van der Waals surface area contributed by atoms with Crippen LogP contribution in [0.3, 0.4) is 0 Å². The first-order valence-corrected chi connectivity index (χ1v) is 6.67. The van der Waals surface area contributed by atoms with Gasteiger partial charge in [0.2, 0.25) is 0 Å². The van der Waals surface area contributed by atoms with E-state index in [0.29, 0.717) is 5.82 Å². The minimum Gasteiger partial charge on any atom is -0.320 e. The van der Waals surface area contributed by atoms with Gasteiger partial charge in [-0.15, -0.1) is 0 Å². The molecule has 20 heavy (non-hydrogen) atoms. The first-order chi connectivity index (χ1) is 9.51. The highest BCUT2D eigenvalue weighted by Gasteiger charge is 2.12. The third kappa shape index (κ3) is 3.12. The molecule has 2 rings (SSSR count). The number of benzene rings is 1. The lowest BCUT2D eigenvalue weighted by Crippen LogP contribution is -2.17. The maximum atomic E-state index is 12.2. The van der Waals surface area contributed by atoms with Crippen molar-refractivity contribution < 1.29 is 4.79 Å². The van der Waals surface area contributed by atoms with Crippen LogP contribution in [0, 0.1) is 13.8 Å². The number of amides is 1. The summed E-state index contributed by atoms with van der Waals surface area (Å²) >= 11 is 3.42. The zero-order valence-electron chi connectivity index (χ0n) is 11.1. The molecule has 0 aliphatic heterocycles. The predicted molar refractivity (Wildman–Crippen MR) is 81.4 cm³/mol. The van der Waals surface area contributed by atoms with Crippen molar-refractivity contribution in [2.45, 2.75) is 13.8 Å². The Morgan fingerprint density at radius 1 is 1.25 bits per heavy atom. The molecule has 7 heteroatoms. The number of nitrogens with one attached hydrogen (secondary N) is 2. The molecule has 0 unspecified atom stereocenters. The van der Waals surface area contributed by atoms with Crippen LogP contribution in [-0.4, -0.2) is 15.9 Å². The zero-order valence-corrected chi connectivity index (χ0v) is 12.7. The Morgan fingerprint density at radius 2 is 1.90 bits per heavy atom. The molecule has 6 nitrogen and oxygen atoms in total. The number of anilines is 2. The number of hydrogen-bond donors (Lipinski definition) is 3. The van der Waals surface area contributed by atoms with E-state index in [4.69, 9.17) is 5.84 Å². The van der Waals surface area contributed by atoms with E-state index in [1.165, 1.54) is 12.4 Å². The van der Waals surface area contributed by atoms with Crippen LogP contribution in [0.5, 0.6) is 0 Å². The number of nitrogens with two attached hydrogens (primary N) is 1. The SMILES string of the molecule is Cc1cc(Br)cc(C)c1NC(=O)c1cncc(NN)n1. The fraction of sp³-hybridized carbons (Fsp3) is 0.154. The van der Waals surface area contributed by atoms with Gasteiger partial charge in [-0.05, 0) is 37.1 Å². The van der Waals surface area contributed by atoms with E-state index >= 15 is 0 Å². The third-order valence-electron chi connectivity index (χ3n) is 2.75. The summed E-state index contributed by atoms with van der Waals surface area (Å²) in [5, 5.41) is 2.84. The van der Waals surface area contributed by atoms with Crippen molar-refractivity contribution in [3.8, 4) is 0 Å². The van der Waals surface area contributed by atoms with Crippen LogP contribution in [-0.2, 0) is 0 Å². The number of carbonyl (C=O) groups is 1. The number of aryl methyl sites for hydroxylation is 2. The predicted octanol–water partition coefficient (Wildman–Crippen LogP) is 2.39. The fourth-order valence-corrected chi connectivity index (χ4v) is 2.52. The molecule has 0 spiro atoms. The van der Waals surface area contributed by atoms with Crippen molar-refractivity contribution in [1.82, 2.24) is 9.97 Å². The van der Waals surface area contributed by atoms with Gasteiger partial charge in [0, 0.05) is 10.2 Å². The van der Waals surface area contributed by atoms with Crippen LogP contribution >= 0.6 is 15.9 Å². The van der Waals surface area contributed by atoms with Gasteiger partial charge in [-0.25, -0.2) is 10.8 Å². The summed E-state index contributed by atoms with van der Waals surface area (Å²) in [6, 6.07) is 3.87. The number of halogens is 1. The van der Waals surface area contributed by atoms with Crippen molar-refractivity contribution in [3.63, 3.8) is 0 Å². The second kappa shape index (κ2) is 5.98. The average molecular weight is 336 g/mol. The molecule has 1 aromatic carbocycles. The minimum absolute atomic E-state index is 0.196. The Labute approximate surface area is 124 Å². The largest absolute Gasteiger partial charge is 0.320 e. The van der Waals surface area contributed by atoms with Crippen molar-refractivity contribution in [1.29, 1.82) is 0 Å². The van der Waals surface area contributed by atoms with Gasteiger partial charge in [-0.3, -0.25) is 9.78 Å². The molecule has 0 saturated heterocycles. The molecule has 0 aliphatic rings. The second-order valence-electron chi connectivity index (χ2n) is 4.30. The summed E-state index contributed by atoms with van der Waals surface area (Å²) in [7, 11) is 0. The molecule has 1 amide bonds. The van der Waals surface area contributed by atoms with Crippen LogP contribution in [0.1, 0.15) is 21.6 Å². The normalized spacial score (nSPS) is 10.2. The number of hydrazine groups is 1. The molecule has 0 atom stereocenters. The molecule has 4 N–H and O–H groups in total. The van der Waals surface area contributed by atoms with Crippen molar-refractivity contribution >= 4 is 33.3 Å². The molecule has 2 aromatic rings. The highest BCUT2D eigenvalue weighted by atomic mass is 79.9. The average Bonchev–Trinajstić information content (AvgIpc) is 2.42. The van der Waals surface area contributed by atoms with Gasteiger partial charge in [0.05, 0.1) is 12.4 Å². The number of nitrogens with zero attached hydrogens (tertiary/aromatic N) is 2. The molecule has 1 aromatic heterocycles. The van der Waals surface area contributed by atoms with Gasteiger partial charge >= 0.3 is 0 Å². The van der Waals surface area contributed by atoms with Crippen LogP contribution in [0.2, 0.25) is 0 Å². The lowest BCUT2D eigenvalue weighted by molar-refractivity contribution is 0.102. The van der Waals surface area contributed by atoms with Crippen molar-refractivity contribution in [3.05, 3.63) is 45.8 Å². The highest BCUT2D eigenvalue weighted by Crippen LogP contribution is 2.25. The van der Waals surface area contributed by atoms with Gasteiger partial charge in [0.15, 0.2) is 5.82 Å². The third-order valence-corrected chi connectivity index (χ3v) is 3.21. The van der Waals surface area contributed by atoms with E-state index in [-0.39, 0.29) is 11.6 Å². The highest BCUT2D eigenvalue weighted by molar-refractivity contribution is 9.10. The second-order valence-corrected chi connectivity index (χ2v) is 5.22. The summed E-state index contributed by atoms with van der Waals surface area (Å²) in [6.07, 6.45) is 2.83. The number of rotatable bonds is 3. The summed E-state index contributed by atoms with van der Waals surface area (Å²) in [5.41, 5.74) is 5.25. The molecular weight excluding hydrogens is 322 g/mol. The van der Waals surface area contributed by atoms with E-state index in [1.807, 2.05) is 26.0 Å². The number of carbonyl (C=O) groups excluding carboxylic acids is 1. The van der Waals surface area contributed by atoms with E-state index in [0.717, 1.165) is 21.3 Å². The first-order valence-electron chi connectivity index (χ1n) is 5.88. The smallest absolute Gasteiger partial charge is 0.275 e. The van der Waals surface area contributed by atoms with Crippen molar-refractivity contribution in [2.75, 3.05) is 10.7 Å². The van der Waals surface area contributed by atoms with Crippen LogP contribution in [0.25, 0.3) is 0 Å². The Balaban J connectivity index is 2.28. The number of nitrogen functional groups attached to an aromatic ring is 1. The van der Waals surface area contributed by atoms with Gasteiger partial charge < -0.3 is 10.7 Å². The topological polar surface area (TPSA) is 92.9 Å². The lowest BCUT2D eigenvalue weighted by atomic mass is 10.1. The van der Waals surface area contributed by atoms with Crippen molar-refractivity contribution in [2.24, 2.45) is 5.84 Å². The van der Waals surface area contributed by atoms with Gasteiger partial charge in [0.1, 0.15) is 5.69 Å². The monoisotopic (exact) mass is 335 g/mol. The molecule has 0 saturated carbocycles. The minimum atomic E-state index is -0.330. The van der Waals surface area contributed by atoms with Crippen LogP contribution < -0.4 is 16.6 Å². The maximum Gasteiger partial charge on any atom is 0.275 e. The summed E-state index contributed by atoms with van der Waals surface area (Å²) in [4.78, 5) is 20.1. The van der Waals surface area contributed by atoms with E-state index in [1.54, 1.807) is 0 Å². The Bertz CT molecular complexity index is 636. The van der Waals surface area contributed by atoms with Crippen LogP contribution in [0.15, 0.2) is 29.0 Å². The van der Waals surface area contributed by atoms with Crippen LogP contribution in [0.4, 0.5) is 11.5 Å². The quantitative estimate of drug-likeness (QED) is 0.591. The summed E-state index contributed by atoms with van der Waals surface area (Å²) < 4.78 is 0.972. The van der Waals surface area contributed by atoms with Gasteiger partial charge in [-0.1, -0.05) is 15.9 Å². The first kappa shape index (κ1) is 14.4. The standard InChI is InChI=1S/C13H14BrN5O/c1-7-3-9(14)4-8(2)12(7)18-13(20)10-5-16-6-11(17-10)19-15/h3-6H,15H2,1-2H3,(H,17,19)(H,18,20).